The number of halogens is 2. The standard InChI is InChI=1S/C14H21N3OS.2ClH/c1-10-4-5-12(8-16-10)9-17-11(2)13(6-7-18)19-14(17,3)15;;/h4-5,8,18H,6-7,9,15H2,1-3H3;2*1H. The zero-order valence-corrected chi connectivity index (χ0v) is 14.9. The van der Waals surface area contributed by atoms with Crippen molar-refractivity contribution in [2.45, 2.75) is 38.7 Å². The van der Waals surface area contributed by atoms with Crippen molar-refractivity contribution in [1.29, 1.82) is 0 Å². The van der Waals surface area contributed by atoms with Crippen molar-refractivity contribution < 1.29 is 5.11 Å². The van der Waals surface area contributed by atoms with E-state index in [9.17, 15) is 0 Å². The Bertz CT molecular complexity index is 491. The number of nitrogens with zero attached hydrogens (tertiary/aromatic N) is 2. The average Bonchev–Trinajstić information content (AvgIpc) is 2.56. The Morgan fingerprint density at radius 1 is 1.33 bits per heavy atom. The number of nitrogens with two attached hydrogens (primary N) is 1. The van der Waals surface area contributed by atoms with Crippen LogP contribution in [0.5, 0.6) is 0 Å². The molecule has 0 radical (unpaired) electrons. The molecule has 0 bridgehead atoms. The number of pyridine rings is 1. The number of hydrogen-bond donors (Lipinski definition) is 2. The van der Waals surface area contributed by atoms with E-state index in [1.165, 1.54) is 4.91 Å². The molecule has 4 nitrogen and oxygen atoms in total. The van der Waals surface area contributed by atoms with Gasteiger partial charge in [0, 0.05) is 42.1 Å². The van der Waals surface area contributed by atoms with E-state index in [-0.39, 0.29) is 31.4 Å². The van der Waals surface area contributed by atoms with Crippen LogP contribution in [0, 0.1) is 6.92 Å². The monoisotopic (exact) mass is 351 g/mol. The molecule has 0 spiro atoms. The minimum Gasteiger partial charge on any atom is -0.396 e. The lowest BCUT2D eigenvalue weighted by Gasteiger charge is -2.33. The van der Waals surface area contributed by atoms with Crippen LogP contribution >= 0.6 is 36.6 Å². The number of aliphatic hydroxyl groups excluding tert-OH is 1. The van der Waals surface area contributed by atoms with Gasteiger partial charge in [-0.3, -0.25) is 10.7 Å². The predicted molar refractivity (Wildman–Crippen MR) is 93.6 cm³/mol. The smallest absolute Gasteiger partial charge is 0.138 e. The first-order valence-electron chi connectivity index (χ1n) is 6.41. The van der Waals surface area contributed by atoms with Gasteiger partial charge in [0.15, 0.2) is 0 Å². The zero-order chi connectivity index (χ0) is 14.0. The van der Waals surface area contributed by atoms with Crippen molar-refractivity contribution in [1.82, 2.24) is 9.88 Å². The van der Waals surface area contributed by atoms with Crippen molar-refractivity contribution in [2.24, 2.45) is 5.73 Å². The minimum absolute atomic E-state index is 0. The van der Waals surface area contributed by atoms with Gasteiger partial charge in [-0.25, -0.2) is 0 Å². The van der Waals surface area contributed by atoms with Crippen LogP contribution in [-0.4, -0.2) is 26.6 Å². The SMILES string of the molecule is CC1=C(CCO)SC(C)(N)N1Cc1ccc(C)nc1.Cl.Cl. The van der Waals surface area contributed by atoms with Gasteiger partial charge in [0.1, 0.15) is 4.99 Å². The number of aryl methyl sites for hydroxylation is 1. The molecule has 0 amide bonds. The maximum Gasteiger partial charge on any atom is 0.138 e. The molecule has 1 atom stereocenters. The summed E-state index contributed by atoms with van der Waals surface area (Å²) in [7, 11) is 0. The Labute approximate surface area is 143 Å². The van der Waals surface area contributed by atoms with E-state index in [1.807, 2.05) is 26.1 Å². The fourth-order valence-corrected chi connectivity index (χ4v) is 3.51. The molecule has 0 aliphatic carbocycles. The number of aliphatic hydroxyl groups is 1. The molecule has 0 saturated carbocycles. The molecule has 120 valence electrons. The first-order valence-corrected chi connectivity index (χ1v) is 7.23. The third-order valence-corrected chi connectivity index (χ3v) is 4.71. The van der Waals surface area contributed by atoms with Crippen molar-refractivity contribution >= 4 is 36.6 Å². The van der Waals surface area contributed by atoms with E-state index in [4.69, 9.17) is 10.8 Å². The summed E-state index contributed by atoms with van der Waals surface area (Å²) in [5.74, 6) is 0. The Morgan fingerprint density at radius 3 is 2.52 bits per heavy atom. The van der Waals surface area contributed by atoms with Crippen LogP contribution in [0.3, 0.4) is 0 Å². The lowest BCUT2D eigenvalue weighted by molar-refractivity contribution is 0.241. The Morgan fingerprint density at radius 2 is 2.00 bits per heavy atom. The van der Waals surface area contributed by atoms with Gasteiger partial charge < -0.3 is 10.0 Å². The lowest BCUT2D eigenvalue weighted by Crippen LogP contribution is -2.46. The minimum atomic E-state index is -0.459. The van der Waals surface area contributed by atoms with Crippen LogP contribution in [0.2, 0.25) is 0 Å². The molecule has 7 heteroatoms. The van der Waals surface area contributed by atoms with Gasteiger partial charge in [0.2, 0.25) is 0 Å². The highest BCUT2D eigenvalue weighted by Crippen LogP contribution is 2.44. The van der Waals surface area contributed by atoms with E-state index in [0.29, 0.717) is 6.42 Å². The van der Waals surface area contributed by atoms with Gasteiger partial charge in [-0.15, -0.1) is 24.8 Å². The summed E-state index contributed by atoms with van der Waals surface area (Å²) in [6.45, 7) is 6.96. The van der Waals surface area contributed by atoms with Gasteiger partial charge in [-0.2, -0.15) is 0 Å². The average molecular weight is 352 g/mol. The molecular formula is C14H23Cl2N3OS. The Kier molecular flexibility index (Phi) is 8.07. The number of aromatic nitrogens is 1. The second-order valence-electron chi connectivity index (χ2n) is 5.03. The second kappa shape index (κ2) is 8.25. The molecule has 1 unspecified atom stereocenters. The predicted octanol–water partition coefficient (Wildman–Crippen LogP) is 3.03. The van der Waals surface area contributed by atoms with Gasteiger partial charge in [0.25, 0.3) is 0 Å². The molecule has 1 aromatic heterocycles. The topological polar surface area (TPSA) is 62.4 Å². The van der Waals surface area contributed by atoms with Crippen molar-refractivity contribution in [3.63, 3.8) is 0 Å². The van der Waals surface area contributed by atoms with E-state index < -0.39 is 4.99 Å². The molecule has 2 heterocycles. The maximum absolute atomic E-state index is 9.10. The van der Waals surface area contributed by atoms with Crippen LogP contribution in [0.25, 0.3) is 0 Å². The van der Waals surface area contributed by atoms with Crippen LogP contribution in [0.1, 0.15) is 31.5 Å². The number of thioether (sulfide) groups is 1. The first kappa shape index (κ1) is 20.5. The van der Waals surface area contributed by atoms with E-state index in [0.717, 1.165) is 23.5 Å². The van der Waals surface area contributed by atoms with Gasteiger partial charge >= 0.3 is 0 Å². The highest BCUT2D eigenvalue weighted by molar-refractivity contribution is 8.04. The molecule has 3 N–H and O–H groups in total. The van der Waals surface area contributed by atoms with Crippen LogP contribution in [0.15, 0.2) is 28.9 Å². The molecule has 0 fully saturated rings. The fraction of sp³-hybridized carbons (Fsp3) is 0.500. The zero-order valence-electron chi connectivity index (χ0n) is 12.5. The molecule has 1 aromatic rings. The summed E-state index contributed by atoms with van der Waals surface area (Å²) in [6.07, 6.45) is 2.57. The normalized spacial score (nSPS) is 21.1. The van der Waals surface area contributed by atoms with Gasteiger partial charge in [-0.1, -0.05) is 17.8 Å². The molecular weight excluding hydrogens is 329 g/mol. The summed E-state index contributed by atoms with van der Waals surface area (Å²) in [5, 5.41) is 9.10. The van der Waals surface area contributed by atoms with Crippen LogP contribution in [-0.2, 0) is 6.54 Å². The Hall–Kier alpha value is -0.460. The van der Waals surface area contributed by atoms with Crippen LogP contribution < -0.4 is 5.73 Å². The third-order valence-electron chi connectivity index (χ3n) is 3.33. The number of allylic oxidation sites excluding steroid dienone is 1. The number of hydrogen-bond acceptors (Lipinski definition) is 5. The van der Waals surface area contributed by atoms with E-state index in [1.54, 1.807) is 11.8 Å². The summed E-state index contributed by atoms with van der Waals surface area (Å²) in [4.78, 5) is 7.21. The summed E-state index contributed by atoms with van der Waals surface area (Å²) in [5.41, 5.74) is 9.68. The number of rotatable bonds is 4. The summed E-state index contributed by atoms with van der Waals surface area (Å²) in [6, 6.07) is 4.10. The van der Waals surface area contributed by atoms with Crippen molar-refractivity contribution in [3.05, 3.63) is 40.2 Å². The lowest BCUT2D eigenvalue weighted by atomic mass is 10.2. The summed E-state index contributed by atoms with van der Waals surface area (Å²) < 4.78 is 0. The third kappa shape index (κ3) is 4.76. The Balaban J connectivity index is 0.00000200. The molecule has 2 rings (SSSR count). The van der Waals surface area contributed by atoms with E-state index in [2.05, 4.69) is 22.9 Å². The van der Waals surface area contributed by atoms with Crippen molar-refractivity contribution in [2.75, 3.05) is 6.61 Å². The quantitative estimate of drug-likeness (QED) is 0.872. The van der Waals surface area contributed by atoms with Crippen molar-refractivity contribution in [3.8, 4) is 0 Å². The van der Waals surface area contributed by atoms with E-state index >= 15 is 0 Å². The highest BCUT2D eigenvalue weighted by atomic mass is 35.5. The highest BCUT2D eigenvalue weighted by Gasteiger charge is 2.37. The van der Waals surface area contributed by atoms with Crippen LogP contribution in [0.4, 0.5) is 0 Å². The largest absolute Gasteiger partial charge is 0.396 e. The van der Waals surface area contributed by atoms with Gasteiger partial charge in [-0.05, 0) is 32.4 Å². The molecule has 1 aliphatic rings. The maximum atomic E-state index is 9.10. The van der Waals surface area contributed by atoms with Gasteiger partial charge in [0.05, 0.1) is 0 Å². The fourth-order valence-electron chi connectivity index (χ4n) is 2.25. The summed E-state index contributed by atoms with van der Waals surface area (Å²) >= 11 is 1.63. The molecule has 21 heavy (non-hydrogen) atoms. The molecule has 1 aliphatic heterocycles. The first-order chi connectivity index (χ1) is 8.94. The second-order valence-corrected chi connectivity index (χ2v) is 6.56. The molecule has 0 aromatic carbocycles. The molecule has 0 saturated heterocycles.